The number of benzene rings is 2. The van der Waals surface area contributed by atoms with E-state index in [-0.39, 0.29) is 6.04 Å². The van der Waals surface area contributed by atoms with Crippen LogP contribution in [0.4, 0.5) is 0 Å². The molecule has 0 aliphatic carbocycles. The number of nitrogens with zero attached hydrogens (tertiary/aromatic N) is 1. The normalized spacial score (nSPS) is 12.7. The molecule has 0 saturated heterocycles. The van der Waals surface area contributed by atoms with Gasteiger partial charge in [-0.1, -0.05) is 57.3 Å². The summed E-state index contributed by atoms with van der Waals surface area (Å²) in [6, 6.07) is 13.8. The summed E-state index contributed by atoms with van der Waals surface area (Å²) in [6.07, 6.45) is 0. The lowest BCUT2D eigenvalue weighted by atomic mass is 10.0. The van der Waals surface area contributed by atoms with Crippen LogP contribution in [0, 0.1) is 0 Å². The van der Waals surface area contributed by atoms with Crippen LogP contribution in [0.2, 0.25) is 10.0 Å². The van der Waals surface area contributed by atoms with Crippen LogP contribution >= 0.6 is 39.1 Å². The van der Waals surface area contributed by atoms with Crippen LogP contribution in [-0.2, 0) is 6.54 Å². The van der Waals surface area contributed by atoms with Gasteiger partial charge in [-0.25, -0.2) is 0 Å². The van der Waals surface area contributed by atoms with Gasteiger partial charge in [-0.3, -0.25) is 4.90 Å². The van der Waals surface area contributed by atoms with Gasteiger partial charge in [0.2, 0.25) is 0 Å². The van der Waals surface area contributed by atoms with E-state index in [1.807, 2.05) is 36.4 Å². The fourth-order valence-corrected chi connectivity index (χ4v) is 3.51. The molecule has 0 aliphatic heterocycles. The maximum absolute atomic E-state index is 6.04. The summed E-state index contributed by atoms with van der Waals surface area (Å²) in [5.41, 5.74) is 8.27. The maximum Gasteiger partial charge on any atom is 0.0482 e. The molecule has 2 N–H and O–H groups in total. The highest BCUT2D eigenvalue weighted by atomic mass is 79.9. The molecule has 2 aromatic carbocycles. The molecule has 0 fully saturated rings. The molecule has 1 atom stereocenters. The second-order valence-electron chi connectivity index (χ2n) is 4.96. The zero-order chi connectivity index (χ0) is 15.4. The first-order valence-electron chi connectivity index (χ1n) is 6.61. The number of hydrogen-bond acceptors (Lipinski definition) is 2. The van der Waals surface area contributed by atoms with Crippen molar-refractivity contribution in [2.45, 2.75) is 12.6 Å². The Morgan fingerprint density at radius 3 is 2.48 bits per heavy atom. The minimum atomic E-state index is 0.107. The first kappa shape index (κ1) is 16.8. The summed E-state index contributed by atoms with van der Waals surface area (Å²) in [4.78, 5) is 2.21. The first-order valence-corrected chi connectivity index (χ1v) is 8.16. The van der Waals surface area contributed by atoms with Gasteiger partial charge in [-0.2, -0.15) is 0 Å². The molecule has 0 radical (unpaired) electrons. The molecular weight excluding hydrogens is 371 g/mol. The van der Waals surface area contributed by atoms with E-state index in [0.717, 1.165) is 27.2 Å². The molecule has 2 aromatic rings. The molecule has 1 unspecified atom stereocenters. The van der Waals surface area contributed by atoms with Gasteiger partial charge in [0.25, 0.3) is 0 Å². The standard InChI is InChI=1S/C16H17BrCl2N2/c1-21(10-11-3-2-4-12(18)7-11)16(9-20)14-6-5-13(19)8-15(14)17/h2-8,16H,9-10,20H2,1H3. The van der Waals surface area contributed by atoms with Crippen molar-refractivity contribution in [2.24, 2.45) is 5.73 Å². The van der Waals surface area contributed by atoms with Gasteiger partial charge >= 0.3 is 0 Å². The van der Waals surface area contributed by atoms with Crippen molar-refractivity contribution in [3.63, 3.8) is 0 Å². The average molecular weight is 388 g/mol. The Morgan fingerprint density at radius 2 is 1.86 bits per heavy atom. The molecule has 0 aromatic heterocycles. The van der Waals surface area contributed by atoms with Gasteiger partial charge < -0.3 is 5.73 Å². The number of hydrogen-bond donors (Lipinski definition) is 1. The number of likely N-dealkylation sites (N-methyl/N-ethyl adjacent to an activating group) is 1. The molecule has 2 rings (SSSR count). The number of nitrogens with two attached hydrogens (primary N) is 1. The fourth-order valence-electron chi connectivity index (χ4n) is 2.35. The molecule has 0 bridgehead atoms. The molecule has 112 valence electrons. The SMILES string of the molecule is CN(Cc1cccc(Cl)c1)C(CN)c1ccc(Cl)cc1Br. The van der Waals surface area contributed by atoms with Crippen LogP contribution in [0.3, 0.4) is 0 Å². The Balaban J connectivity index is 2.20. The molecule has 5 heteroatoms. The zero-order valence-electron chi connectivity index (χ0n) is 11.7. The van der Waals surface area contributed by atoms with Crippen LogP contribution in [0.25, 0.3) is 0 Å². The zero-order valence-corrected chi connectivity index (χ0v) is 14.8. The lowest BCUT2D eigenvalue weighted by Gasteiger charge is -2.28. The predicted molar refractivity (Wildman–Crippen MR) is 93.9 cm³/mol. The summed E-state index contributed by atoms with van der Waals surface area (Å²) in [5.74, 6) is 0. The summed E-state index contributed by atoms with van der Waals surface area (Å²) in [5, 5.41) is 1.46. The second-order valence-corrected chi connectivity index (χ2v) is 6.69. The maximum atomic E-state index is 6.04. The highest BCUT2D eigenvalue weighted by Gasteiger charge is 2.18. The molecule has 0 aliphatic rings. The lowest BCUT2D eigenvalue weighted by molar-refractivity contribution is 0.241. The van der Waals surface area contributed by atoms with Crippen molar-refractivity contribution >= 4 is 39.1 Å². The third-order valence-corrected chi connectivity index (χ3v) is 4.55. The molecule has 21 heavy (non-hydrogen) atoms. The second kappa shape index (κ2) is 7.61. The third-order valence-electron chi connectivity index (χ3n) is 3.40. The summed E-state index contributed by atoms with van der Waals surface area (Å²) >= 11 is 15.6. The van der Waals surface area contributed by atoms with Crippen molar-refractivity contribution in [1.82, 2.24) is 4.90 Å². The molecule has 2 nitrogen and oxygen atoms in total. The summed E-state index contributed by atoms with van der Waals surface area (Å²) < 4.78 is 0.975. The van der Waals surface area contributed by atoms with Gasteiger partial charge in [0.1, 0.15) is 0 Å². The third kappa shape index (κ3) is 4.44. The molecular formula is C16H17BrCl2N2. The van der Waals surface area contributed by atoms with Gasteiger partial charge in [-0.15, -0.1) is 0 Å². The topological polar surface area (TPSA) is 29.3 Å². The van der Waals surface area contributed by atoms with E-state index in [9.17, 15) is 0 Å². The van der Waals surface area contributed by atoms with E-state index >= 15 is 0 Å². The van der Waals surface area contributed by atoms with Crippen LogP contribution in [0.1, 0.15) is 17.2 Å². The first-order chi connectivity index (χ1) is 10.0. The van der Waals surface area contributed by atoms with E-state index in [2.05, 4.69) is 33.9 Å². The summed E-state index contributed by atoms with van der Waals surface area (Å²) in [7, 11) is 2.06. The van der Waals surface area contributed by atoms with Gasteiger partial charge in [0.05, 0.1) is 0 Å². The van der Waals surface area contributed by atoms with Crippen molar-refractivity contribution in [2.75, 3.05) is 13.6 Å². The Bertz CT molecular complexity index is 619. The van der Waals surface area contributed by atoms with E-state index in [4.69, 9.17) is 28.9 Å². The minimum Gasteiger partial charge on any atom is -0.329 e. The minimum absolute atomic E-state index is 0.107. The quantitative estimate of drug-likeness (QED) is 0.791. The average Bonchev–Trinajstić information content (AvgIpc) is 2.42. The molecule has 0 spiro atoms. The van der Waals surface area contributed by atoms with Crippen molar-refractivity contribution in [3.05, 3.63) is 68.1 Å². The van der Waals surface area contributed by atoms with Crippen LogP contribution in [0.15, 0.2) is 46.9 Å². The van der Waals surface area contributed by atoms with E-state index in [0.29, 0.717) is 11.6 Å². The Kier molecular flexibility index (Phi) is 6.08. The molecule has 0 amide bonds. The number of rotatable bonds is 5. The van der Waals surface area contributed by atoms with Crippen molar-refractivity contribution in [3.8, 4) is 0 Å². The fraction of sp³-hybridized carbons (Fsp3) is 0.250. The van der Waals surface area contributed by atoms with E-state index < -0.39 is 0 Å². The highest BCUT2D eigenvalue weighted by molar-refractivity contribution is 9.10. The van der Waals surface area contributed by atoms with Gasteiger partial charge in [0.15, 0.2) is 0 Å². The molecule has 0 saturated carbocycles. The largest absolute Gasteiger partial charge is 0.329 e. The smallest absolute Gasteiger partial charge is 0.0482 e. The van der Waals surface area contributed by atoms with Crippen LogP contribution < -0.4 is 5.73 Å². The predicted octanol–water partition coefficient (Wildman–Crippen LogP) is 4.89. The highest BCUT2D eigenvalue weighted by Crippen LogP contribution is 2.30. The molecule has 0 heterocycles. The van der Waals surface area contributed by atoms with E-state index in [1.165, 1.54) is 0 Å². The lowest BCUT2D eigenvalue weighted by Crippen LogP contribution is -2.30. The van der Waals surface area contributed by atoms with Crippen molar-refractivity contribution < 1.29 is 0 Å². The van der Waals surface area contributed by atoms with Gasteiger partial charge in [-0.05, 0) is 42.4 Å². The Morgan fingerprint density at radius 1 is 1.14 bits per heavy atom. The summed E-state index contributed by atoms with van der Waals surface area (Å²) in [6.45, 7) is 1.30. The Hall–Kier alpha value is -0.580. The number of halogens is 3. The Labute approximate surface area is 144 Å². The van der Waals surface area contributed by atoms with Crippen molar-refractivity contribution in [1.29, 1.82) is 0 Å². The van der Waals surface area contributed by atoms with Crippen LogP contribution in [-0.4, -0.2) is 18.5 Å². The van der Waals surface area contributed by atoms with E-state index in [1.54, 1.807) is 0 Å². The van der Waals surface area contributed by atoms with Gasteiger partial charge in [0, 0.05) is 33.6 Å². The van der Waals surface area contributed by atoms with Crippen LogP contribution in [0.5, 0.6) is 0 Å². The monoisotopic (exact) mass is 386 g/mol.